The fourth-order valence-electron chi connectivity index (χ4n) is 2.85. The Balaban J connectivity index is 1.30. The Kier molecular flexibility index (Phi) is 5.76. The van der Waals surface area contributed by atoms with Crippen LogP contribution in [0, 0.1) is 6.92 Å². The van der Waals surface area contributed by atoms with Crippen molar-refractivity contribution in [3.05, 3.63) is 76.5 Å². The first-order chi connectivity index (χ1) is 14.6. The molecule has 0 aliphatic rings. The van der Waals surface area contributed by atoms with E-state index in [9.17, 15) is 4.79 Å². The first kappa shape index (κ1) is 19.7. The highest BCUT2D eigenvalue weighted by molar-refractivity contribution is 6.31. The topological polar surface area (TPSA) is 94.5 Å². The molecule has 152 valence electrons. The van der Waals surface area contributed by atoms with Crippen molar-refractivity contribution >= 4 is 34.8 Å². The van der Waals surface area contributed by atoms with E-state index in [2.05, 4.69) is 20.8 Å². The molecule has 1 amide bonds. The standard InChI is InChI=1S/C21H18ClN5O3/c1-14-5-4-6-17(22)16(14)13-29-21-10-9-15(30-21)11-23-25-20(28)12-27-19-8-3-2-7-18(19)24-26-27/h2-11H,12-13H2,1H3,(H,25,28)/b23-11+. The van der Waals surface area contributed by atoms with Crippen molar-refractivity contribution in [2.24, 2.45) is 5.10 Å². The fraction of sp³-hybridized carbons (Fsp3) is 0.143. The third kappa shape index (κ3) is 4.49. The zero-order valence-corrected chi connectivity index (χ0v) is 16.8. The molecule has 0 fully saturated rings. The zero-order valence-electron chi connectivity index (χ0n) is 16.1. The third-order valence-corrected chi connectivity index (χ3v) is 4.76. The van der Waals surface area contributed by atoms with Gasteiger partial charge in [0.15, 0.2) is 5.76 Å². The highest BCUT2D eigenvalue weighted by Gasteiger charge is 2.09. The van der Waals surface area contributed by atoms with Gasteiger partial charge in [-0.3, -0.25) is 4.79 Å². The monoisotopic (exact) mass is 423 g/mol. The van der Waals surface area contributed by atoms with E-state index in [0.717, 1.165) is 22.2 Å². The number of ether oxygens (including phenoxy) is 1. The summed E-state index contributed by atoms with van der Waals surface area (Å²) in [6.45, 7) is 2.26. The molecule has 30 heavy (non-hydrogen) atoms. The van der Waals surface area contributed by atoms with Crippen molar-refractivity contribution in [1.82, 2.24) is 20.4 Å². The number of hydrazone groups is 1. The van der Waals surface area contributed by atoms with Crippen LogP contribution in [0.1, 0.15) is 16.9 Å². The number of halogens is 1. The number of carbonyl (C=O) groups is 1. The molecule has 2 aromatic carbocycles. The van der Waals surface area contributed by atoms with Crippen molar-refractivity contribution in [1.29, 1.82) is 0 Å². The summed E-state index contributed by atoms with van der Waals surface area (Å²) in [6, 6.07) is 16.5. The number of nitrogens with one attached hydrogen (secondary N) is 1. The van der Waals surface area contributed by atoms with Crippen LogP contribution in [0.4, 0.5) is 0 Å². The molecule has 8 nitrogen and oxygen atoms in total. The normalized spacial score (nSPS) is 11.3. The lowest BCUT2D eigenvalue weighted by molar-refractivity contribution is -0.121. The maximum atomic E-state index is 12.1. The van der Waals surface area contributed by atoms with Crippen LogP contribution in [0.3, 0.4) is 0 Å². The summed E-state index contributed by atoms with van der Waals surface area (Å²) in [5, 5.41) is 12.5. The average molecular weight is 424 g/mol. The van der Waals surface area contributed by atoms with E-state index in [0.29, 0.717) is 16.7 Å². The number of nitrogens with zero attached hydrogens (tertiary/aromatic N) is 4. The summed E-state index contributed by atoms with van der Waals surface area (Å²) in [7, 11) is 0. The van der Waals surface area contributed by atoms with Crippen LogP contribution in [0.15, 0.2) is 64.1 Å². The Labute approximate surface area is 177 Å². The first-order valence-corrected chi connectivity index (χ1v) is 9.55. The van der Waals surface area contributed by atoms with Crippen LogP contribution in [-0.2, 0) is 17.9 Å². The number of amides is 1. The molecule has 0 atom stereocenters. The molecule has 0 saturated heterocycles. The van der Waals surface area contributed by atoms with Crippen LogP contribution >= 0.6 is 11.6 Å². The second kappa shape index (κ2) is 8.79. The van der Waals surface area contributed by atoms with Crippen LogP contribution in [0.5, 0.6) is 5.95 Å². The Morgan fingerprint density at radius 3 is 2.97 bits per heavy atom. The van der Waals surface area contributed by atoms with Crippen LogP contribution in [0.25, 0.3) is 11.0 Å². The number of para-hydroxylation sites is 1. The number of hydrogen-bond acceptors (Lipinski definition) is 6. The van der Waals surface area contributed by atoms with Crippen molar-refractivity contribution < 1.29 is 13.9 Å². The van der Waals surface area contributed by atoms with E-state index >= 15 is 0 Å². The third-order valence-electron chi connectivity index (χ3n) is 4.41. The fourth-order valence-corrected chi connectivity index (χ4v) is 3.12. The Morgan fingerprint density at radius 1 is 1.23 bits per heavy atom. The molecule has 0 aliphatic carbocycles. The van der Waals surface area contributed by atoms with Crippen molar-refractivity contribution in [2.45, 2.75) is 20.1 Å². The Morgan fingerprint density at radius 2 is 2.10 bits per heavy atom. The Bertz CT molecular complexity index is 1190. The number of benzene rings is 2. The molecule has 0 radical (unpaired) electrons. The molecular weight excluding hydrogens is 406 g/mol. The maximum absolute atomic E-state index is 12.1. The summed E-state index contributed by atoms with van der Waals surface area (Å²) >= 11 is 6.20. The smallest absolute Gasteiger partial charge is 0.285 e. The molecule has 0 spiro atoms. The summed E-state index contributed by atoms with van der Waals surface area (Å²) in [4.78, 5) is 12.1. The number of fused-ring (bicyclic) bond motifs is 1. The lowest BCUT2D eigenvalue weighted by atomic mass is 10.1. The molecule has 2 heterocycles. The van der Waals surface area contributed by atoms with E-state index in [4.69, 9.17) is 20.8 Å². The number of rotatable bonds is 7. The lowest BCUT2D eigenvalue weighted by Crippen LogP contribution is -2.23. The average Bonchev–Trinajstić information content (AvgIpc) is 3.35. The highest BCUT2D eigenvalue weighted by atomic mass is 35.5. The van der Waals surface area contributed by atoms with Gasteiger partial charge in [0.05, 0.1) is 11.7 Å². The molecule has 0 bridgehead atoms. The molecule has 4 aromatic rings. The minimum atomic E-state index is -0.334. The van der Waals surface area contributed by atoms with Gasteiger partial charge in [-0.1, -0.05) is 41.1 Å². The van der Waals surface area contributed by atoms with Crippen LogP contribution in [-0.4, -0.2) is 27.1 Å². The molecule has 0 unspecified atom stereocenters. The minimum absolute atomic E-state index is 0.00154. The van der Waals surface area contributed by atoms with Gasteiger partial charge < -0.3 is 9.15 Å². The summed E-state index contributed by atoms with van der Waals surface area (Å²) in [5.41, 5.74) is 5.88. The number of hydrogen-bond donors (Lipinski definition) is 1. The lowest BCUT2D eigenvalue weighted by Gasteiger charge is -2.08. The van der Waals surface area contributed by atoms with E-state index < -0.39 is 0 Å². The van der Waals surface area contributed by atoms with Gasteiger partial charge in [0.25, 0.3) is 11.9 Å². The van der Waals surface area contributed by atoms with Gasteiger partial charge in [0, 0.05) is 16.7 Å². The molecule has 9 heteroatoms. The van der Waals surface area contributed by atoms with Gasteiger partial charge in [-0.15, -0.1) is 5.10 Å². The first-order valence-electron chi connectivity index (χ1n) is 9.17. The highest BCUT2D eigenvalue weighted by Crippen LogP contribution is 2.22. The van der Waals surface area contributed by atoms with E-state index in [-0.39, 0.29) is 19.1 Å². The van der Waals surface area contributed by atoms with E-state index in [1.807, 2.05) is 49.4 Å². The molecule has 4 rings (SSSR count). The number of carbonyl (C=O) groups excluding carboxylic acids is 1. The quantitative estimate of drug-likeness (QED) is 0.361. The van der Waals surface area contributed by atoms with E-state index in [1.165, 1.54) is 10.9 Å². The summed E-state index contributed by atoms with van der Waals surface area (Å²) in [5.74, 6) is 0.433. The maximum Gasteiger partial charge on any atom is 0.285 e. The van der Waals surface area contributed by atoms with Crippen molar-refractivity contribution in [3.8, 4) is 5.95 Å². The molecule has 0 aliphatic heterocycles. The molecule has 1 N–H and O–H groups in total. The van der Waals surface area contributed by atoms with Gasteiger partial charge in [-0.05, 0) is 36.8 Å². The van der Waals surface area contributed by atoms with Gasteiger partial charge in [-0.25, -0.2) is 10.1 Å². The Hall–Kier alpha value is -3.65. The van der Waals surface area contributed by atoms with Crippen molar-refractivity contribution in [2.75, 3.05) is 0 Å². The second-order valence-electron chi connectivity index (χ2n) is 6.51. The molecule has 0 saturated carbocycles. The minimum Gasteiger partial charge on any atom is -0.460 e. The number of aryl methyl sites for hydroxylation is 1. The number of aromatic nitrogens is 3. The summed E-state index contributed by atoms with van der Waals surface area (Å²) < 4.78 is 12.7. The van der Waals surface area contributed by atoms with Gasteiger partial charge in [-0.2, -0.15) is 5.10 Å². The molecular formula is C21H18ClN5O3. The van der Waals surface area contributed by atoms with E-state index in [1.54, 1.807) is 12.1 Å². The van der Waals surface area contributed by atoms with Crippen molar-refractivity contribution in [3.63, 3.8) is 0 Å². The SMILES string of the molecule is Cc1cccc(Cl)c1COc1ccc(/C=N/NC(=O)Cn2nnc3ccccc32)o1. The second-order valence-corrected chi connectivity index (χ2v) is 6.92. The van der Waals surface area contributed by atoms with Gasteiger partial charge in [0.2, 0.25) is 0 Å². The predicted octanol–water partition coefficient (Wildman–Crippen LogP) is 3.72. The van der Waals surface area contributed by atoms with Crippen LogP contribution < -0.4 is 10.2 Å². The zero-order chi connectivity index (χ0) is 20.9. The largest absolute Gasteiger partial charge is 0.460 e. The predicted molar refractivity (Wildman–Crippen MR) is 112 cm³/mol. The van der Waals surface area contributed by atoms with Gasteiger partial charge in [0.1, 0.15) is 18.7 Å². The van der Waals surface area contributed by atoms with Crippen LogP contribution in [0.2, 0.25) is 5.02 Å². The molecule has 2 aromatic heterocycles. The summed E-state index contributed by atoms with van der Waals surface area (Å²) in [6.07, 6.45) is 1.39. The van der Waals surface area contributed by atoms with Gasteiger partial charge >= 0.3 is 0 Å². The number of furan rings is 1.